The van der Waals surface area contributed by atoms with Crippen LogP contribution in [-0.2, 0) is 18.4 Å². The van der Waals surface area contributed by atoms with Crippen molar-refractivity contribution >= 4 is 40.6 Å². The van der Waals surface area contributed by atoms with Crippen LogP contribution in [-0.4, -0.2) is 31.0 Å². The van der Waals surface area contributed by atoms with E-state index in [9.17, 15) is 4.79 Å². The van der Waals surface area contributed by atoms with Gasteiger partial charge in [0.25, 0.3) is 5.91 Å². The molecule has 4 aromatic rings. The molecule has 0 unspecified atom stereocenters. The van der Waals surface area contributed by atoms with Gasteiger partial charge in [0.1, 0.15) is 0 Å². The summed E-state index contributed by atoms with van der Waals surface area (Å²) in [4.78, 5) is 17.4. The largest absolute Gasteiger partial charge is 0.319 e. The molecule has 0 radical (unpaired) electrons. The van der Waals surface area contributed by atoms with E-state index >= 15 is 0 Å². The molecule has 0 atom stereocenters. The number of hydrogen-bond acceptors (Lipinski definition) is 5. The molecule has 2 aromatic heterocycles. The van der Waals surface area contributed by atoms with Gasteiger partial charge < -0.3 is 9.13 Å². The van der Waals surface area contributed by atoms with Crippen LogP contribution in [0.15, 0.2) is 76.3 Å². The predicted molar refractivity (Wildman–Crippen MR) is 121 cm³/mol. The molecular formula is C21H18ClN5OS2. The average Bonchev–Trinajstić information content (AvgIpc) is 3.35. The van der Waals surface area contributed by atoms with Crippen molar-refractivity contribution in [2.24, 2.45) is 12.0 Å². The second-order valence-electron chi connectivity index (χ2n) is 6.43. The Balaban J connectivity index is 1.45. The number of rotatable bonds is 6. The lowest BCUT2D eigenvalue weighted by molar-refractivity contribution is -0.115. The molecule has 2 heterocycles. The molecule has 30 heavy (non-hydrogen) atoms. The molecule has 152 valence electrons. The van der Waals surface area contributed by atoms with Gasteiger partial charge in [0.05, 0.1) is 12.3 Å². The summed E-state index contributed by atoms with van der Waals surface area (Å²) in [5.74, 6) is 0.725. The van der Waals surface area contributed by atoms with Crippen molar-refractivity contribution in [3.63, 3.8) is 0 Å². The summed E-state index contributed by atoms with van der Waals surface area (Å²) in [6, 6.07) is 17.5. The third-order valence-corrected chi connectivity index (χ3v) is 6.54. The first-order valence-electron chi connectivity index (χ1n) is 9.14. The Morgan fingerprint density at radius 2 is 1.90 bits per heavy atom. The van der Waals surface area contributed by atoms with Gasteiger partial charge in [-0.3, -0.25) is 4.79 Å². The van der Waals surface area contributed by atoms with Gasteiger partial charge in [0.2, 0.25) is 0 Å². The maximum Gasteiger partial charge on any atom is 0.258 e. The fourth-order valence-corrected chi connectivity index (χ4v) is 4.50. The number of aromatic nitrogens is 4. The van der Waals surface area contributed by atoms with Crippen LogP contribution >= 0.6 is 34.7 Å². The quantitative estimate of drug-likeness (QED) is 0.407. The van der Waals surface area contributed by atoms with Crippen molar-refractivity contribution < 1.29 is 4.79 Å². The summed E-state index contributed by atoms with van der Waals surface area (Å²) in [5.41, 5.74) is 1.96. The third-order valence-electron chi connectivity index (χ3n) is 4.37. The summed E-state index contributed by atoms with van der Waals surface area (Å²) >= 11 is 9.00. The first-order valence-corrected chi connectivity index (χ1v) is 11.4. The molecule has 0 saturated carbocycles. The molecule has 0 aliphatic rings. The number of nitrogens with zero attached hydrogens (tertiary/aromatic N) is 5. The zero-order valence-electron chi connectivity index (χ0n) is 16.1. The van der Waals surface area contributed by atoms with E-state index in [1.807, 2.05) is 82.4 Å². The number of thioether (sulfide) groups is 1. The van der Waals surface area contributed by atoms with Crippen LogP contribution in [0.4, 0.5) is 0 Å². The second-order valence-corrected chi connectivity index (χ2v) is 8.65. The molecule has 9 heteroatoms. The fourth-order valence-electron chi connectivity index (χ4n) is 2.86. The van der Waals surface area contributed by atoms with E-state index in [0.717, 1.165) is 17.0 Å². The molecule has 2 aromatic carbocycles. The summed E-state index contributed by atoms with van der Waals surface area (Å²) in [7, 11) is 1.89. The Kier molecular flexibility index (Phi) is 6.47. The number of carbonyl (C=O) groups excluding carboxylic acids is 1. The first-order chi connectivity index (χ1) is 14.6. The van der Waals surface area contributed by atoms with E-state index in [4.69, 9.17) is 11.6 Å². The topological polar surface area (TPSA) is 65.1 Å². The van der Waals surface area contributed by atoms with Crippen molar-refractivity contribution in [3.05, 3.63) is 81.6 Å². The van der Waals surface area contributed by atoms with Crippen molar-refractivity contribution in [1.82, 2.24) is 19.3 Å². The summed E-state index contributed by atoms with van der Waals surface area (Å²) in [6.45, 7) is 0.562. The zero-order valence-corrected chi connectivity index (χ0v) is 18.5. The monoisotopic (exact) mass is 455 g/mol. The lowest BCUT2D eigenvalue weighted by Gasteiger charge is -2.05. The van der Waals surface area contributed by atoms with Crippen LogP contribution in [0.3, 0.4) is 0 Å². The molecule has 0 spiro atoms. The standard InChI is InChI=1S/C21H18ClN5OS2/c1-26-19(15-7-3-2-4-8-15)24-25-21(26)30-14-18(28)23-20-27(11-12-29-20)13-16-9-5-6-10-17(16)22/h2-12H,13-14H2,1H3. The van der Waals surface area contributed by atoms with Crippen LogP contribution in [0, 0.1) is 0 Å². The van der Waals surface area contributed by atoms with Gasteiger partial charge in [-0.2, -0.15) is 4.99 Å². The van der Waals surface area contributed by atoms with Gasteiger partial charge in [-0.25, -0.2) is 0 Å². The smallest absolute Gasteiger partial charge is 0.258 e. The molecule has 0 aliphatic heterocycles. The Bertz CT molecular complexity index is 1230. The maximum atomic E-state index is 12.5. The van der Waals surface area contributed by atoms with E-state index < -0.39 is 0 Å². The Labute approximate surface area is 186 Å². The number of hydrogen-bond donors (Lipinski definition) is 0. The zero-order chi connectivity index (χ0) is 20.9. The molecular weight excluding hydrogens is 438 g/mol. The third kappa shape index (κ3) is 4.72. The predicted octanol–water partition coefficient (Wildman–Crippen LogP) is 4.27. The number of amides is 1. The normalized spacial score (nSPS) is 11.7. The van der Waals surface area contributed by atoms with Gasteiger partial charge >= 0.3 is 0 Å². The minimum Gasteiger partial charge on any atom is -0.319 e. The van der Waals surface area contributed by atoms with Crippen LogP contribution in [0.2, 0.25) is 5.02 Å². The number of thiazole rings is 1. The highest BCUT2D eigenvalue weighted by Gasteiger charge is 2.12. The van der Waals surface area contributed by atoms with Crippen LogP contribution in [0.1, 0.15) is 5.56 Å². The summed E-state index contributed by atoms with van der Waals surface area (Å²) < 4.78 is 3.81. The Morgan fingerprint density at radius 3 is 2.70 bits per heavy atom. The van der Waals surface area contributed by atoms with Crippen molar-refractivity contribution in [2.75, 3.05) is 5.75 Å². The Hall–Kier alpha value is -2.68. The van der Waals surface area contributed by atoms with Crippen molar-refractivity contribution in [1.29, 1.82) is 0 Å². The SMILES string of the molecule is Cn1c(SCC(=O)N=c2sccn2Cc2ccccc2Cl)nnc1-c1ccccc1. The van der Waals surface area contributed by atoms with Crippen LogP contribution in [0.25, 0.3) is 11.4 Å². The second kappa shape index (κ2) is 9.42. The lowest BCUT2D eigenvalue weighted by atomic mass is 10.2. The summed E-state index contributed by atoms with van der Waals surface area (Å²) in [6.07, 6.45) is 1.90. The van der Waals surface area contributed by atoms with Gasteiger partial charge in [-0.15, -0.1) is 21.5 Å². The molecule has 0 aliphatic carbocycles. The van der Waals surface area contributed by atoms with E-state index in [1.165, 1.54) is 23.1 Å². The van der Waals surface area contributed by atoms with Crippen molar-refractivity contribution in [3.8, 4) is 11.4 Å². The number of benzene rings is 2. The highest BCUT2D eigenvalue weighted by molar-refractivity contribution is 7.99. The first kappa shape index (κ1) is 20.6. The van der Waals surface area contributed by atoms with E-state index in [2.05, 4.69) is 15.2 Å². The molecule has 1 amide bonds. The van der Waals surface area contributed by atoms with Gasteiger partial charge in [0.15, 0.2) is 15.8 Å². The minimum absolute atomic E-state index is 0.185. The number of halogens is 1. The highest BCUT2D eigenvalue weighted by Crippen LogP contribution is 2.22. The molecule has 0 fully saturated rings. The van der Waals surface area contributed by atoms with Gasteiger partial charge in [-0.05, 0) is 11.6 Å². The van der Waals surface area contributed by atoms with Crippen molar-refractivity contribution in [2.45, 2.75) is 11.7 Å². The average molecular weight is 456 g/mol. The lowest BCUT2D eigenvalue weighted by Crippen LogP contribution is -2.17. The molecule has 0 bridgehead atoms. The minimum atomic E-state index is -0.223. The maximum absolute atomic E-state index is 12.5. The van der Waals surface area contributed by atoms with E-state index in [0.29, 0.717) is 21.5 Å². The van der Waals surface area contributed by atoms with Crippen LogP contribution < -0.4 is 4.80 Å². The van der Waals surface area contributed by atoms with Gasteiger partial charge in [0, 0.05) is 29.2 Å². The fraction of sp³-hybridized carbons (Fsp3) is 0.143. The summed E-state index contributed by atoms with van der Waals surface area (Å²) in [5, 5.41) is 11.7. The van der Waals surface area contributed by atoms with Crippen LogP contribution in [0.5, 0.6) is 0 Å². The highest BCUT2D eigenvalue weighted by atomic mass is 35.5. The van der Waals surface area contributed by atoms with E-state index in [-0.39, 0.29) is 11.7 Å². The van der Waals surface area contributed by atoms with Gasteiger partial charge in [-0.1, -0.05) is 71.9 Å². The van der Waals surface area contributed by atoms with E-state index in [1.54, 1.807) is 0 Å². The molecule has 6 nitrogen and oxygen atoms in total. The molecule has 4 rings (SSSR count). The number of carbonyl (C=O) groups is 1. The Morgan fingerprint density at radius 1 is 1.13 bits per heavy atom. The molecule has 0 saturated heterocycles. The molecule has 0 N–H and O–H groups in total.